The summed E-state index contributed by atoms with van der Waals surface area (Å²) < 4.78 is 5.70. The van der Waals surface area contributed by atoms with Crippen LogP contribution in [0.2, 0.25) is 0 Å². The highest BCUT2D eigenvalue weighted by molar-refractivity contribution is 8.00. The first kappa shape index (κ1) is 9.40. The third-order valence-corrected chi connectivity index (χ3v) is 3.64. The van der Waals surface area contributed by atoms with Gasteiger partial charge in [0.1, 0.15) is 4.93 Å². The Morgan fingerprint density at radius 2 is 2.09 bits per heavy atom. The Morgan fingerprint density at radius 3 is 2.45 bits per heavy atom. The minimum absolute atomic E-state index is 0.0609. The van der Waals surface area contributed by atoms with E-state index < -0.39 is 0 Å². The van der Waals surface area contributed by atoms with E-state index in [9.17, 15) is 0 Å². The van der Waals surface area contributed by atoms with Gasteiger partial charge in [0.05, 0.1) is 6.61 Å². The second kappa shape index (κ2) is 3.36. The smallest absolute Gasteiger partial charge is 0.108 e. The first-order chi connectivity index (χ1) is 5.01. The summed E-state index contributed by atoms with van der Waals surface area (Å²) in [5.41, 5.74) is 0. The molecule has 66 valence electrons. The fraction of sp³-hybridized carbons (Fsp3) is 1.00. The minimum atomic E-state index is 0.0609. The van der Waals surface area contributed by atoms with Crippen LogP contribution in [0.4, 0.5) is 0 Å². The van der Waals surface area contributed by atoms with Crippen molar-refractivity contribution in [2.24, 2.45) is 11.8 Å². The summed E-state index contributed by atoms with van der Waals surface area (Å²) in [6, 6.07) is 0. The largest absolute Gasteiger partial charge is 0.365 e. The zero-order valence-corrected chi connectivity index (χ0v) is 8.70. The van der Waals surface area contributed by atoms with Crippen LogP contribution in [0.15, 0.2) is 0 Å². The van der Waals surface area contributed by atoms with E-state index in [-0.39, 0.29) is 4.93 Å². The van der Waals surface area contributed by atoms with Crippen molar-refractivity contribution in [1.82, 2.24) is 0 Å². The molecule has 0 aliphatic carbocycles. The first-order valence-corrected chi connectivity index (χ1v) is 5.28. The summed E-state index contributed by atoms with van der Waals surface area (Å²) in [7, 11) is 0. The molecule has 0 radical (unpaired) electrons. The van der Waals surface area contributed by atoms with Crippen LogP contribution >= 0.6 is 11.8 Å². The van der Waals surface area contributed by atoms with Gasteiger partial charge in [0.2, 0.25) is 0 Å². The predicted molar refractivity (Wildman–Crippen MR) is 50.8 cm³/mol. The van der Waals surface area contributed by atoms with Gasteiger partial charge in [0.25, 0.3) is 0 Å². The average Bonchev–Trinajstić information content (AvgIpc) is 1.86. The molecule has 0 N–H and O–H groups in total. The number of hydrogen-bond acceptors (Lipinski definition) is 2. The Labute approximate surface area is 73.9 Å². The summed E-state index contributed by atoms with van der Waals surface area (Å²) in [6.45, 7) is 9.78. The molecular weight excluding hydrogens is 156 g/mol. The van der Waals surface area contributed by atoms with Gasteiger partial charge in [0.15, 0.2) is 0 Å². The lowest BCUT2D eigenvalue weighted by Gasteiger charge is -2.35. The molecular formula is C9H18OS. The Hall–Kier alpha value is 0.310. The number of rotatable bonds is 1. The van der Waals surface area contributed by atoms with Gasteiger partial charge in [0, 0.05) is 5.75 Å². The van der Waals surface area contributed by atoms with Crippen molar-refractivity contribution in [2.75, 3.05) is 12.4 Å². The maximum atomic E-state index is 5.70. The summed E-state index contributed by atoms with van der Waals surface area (Å²) in [5.74, 6) is 2.77. The molecule has 1 aliphatic rings. The van der Waals surface area contributed by atoms with Crippen LogP contribution in [0, 0.1) is 11.8 Å². The Balaban J connectivity index is 2.36. The van der Waals surface area contributed by atoms with Crippen LogP contribution in [0.5, 0.6) is 0 Å². The van der Waals surface area contributed by atoms with E-state index in [4.69, 9.17) is 4.74 Å². The highest BCUT2D eigenvalue weighted by atomic mass is 32.2. The fourth-order valence-electron chi connectivity index (χ4n) is 1.09. The highest BCUT2D eigenvalue weighted by Gasteiger charge is 2.29. The van der Waals surface area contributed by atoms with E-state index in [1.807, 2.05) is 11.8 Å². The number of thioether (sulfide) groups is 1. The topological polar surface area (TPSA) is 9.23 Å². The van der Waals surface area contributed by atoms with Crippen LogP contribution in [-0.4, -0.2) is 17.3 Å². The maximum Gasteiger partial charge on any atom is 0.108 e. The molecule has 11 heavy (non-hydrogen) atoms. The molecule has 1 aliphatic heterocycles. The van der Waals surface area contributed by atoms with Gasteiger partial charge in [-0.1, -0.05) is 13.8 Å². The van der Waals surface area contributed by atoms with Crippen LogP contribution in [-0.2, 0) is 4.74 Å². The summed E-state index contributed by atoms with van der Waals surface area (Å²) in [5, 5.41) is 0. The van der Waals surface area contributed by atoms with E-state index >= 15 is 0 Å². The molecule has 2 heteroatoms. The quantitative estimate of drug-likeness (QED) is 0.604. The lowest BCUT2D eigenvalue weighted by molar-refractivity contribution is 0.0124. The zero-order valence-electron chi connectivity index (χ0n) is 7.89. The van der Waals surface area contributed by atoms with Crippen molar-refractivity contribution in [3.8, 4) is 0 Å². The summed E-state index contributed by atoms with van der Waals surface area (Å²) in [6.07, 6.45) is 0. The summed E-state index contributed by atoms with van der Waals surface area (Å²) >= 11 is 1.93. The molecule has 1 fully saturated rings. The van der Waals surface area contributed by atoms with Crippen LogP contribution in [0.3, 0.4) is 0 Å². The van der Waals surface area contributed by atoms with Crippen molar-refractivity contribution in [2.45, 2.75) is 32.6 Å². The molecule has 1 nitrogen and oxygen atoms in total. The van der Waals surface area contributed by atoms with Crippen LogP contribution < -0.4 is 0 Å². The number of hydrogen-bond donors (Lipinski definition) is 0. The lowest BCUT2D eigenvalue weighted by Crippen LogP contribution is -2.34. The maximum absolute atomic E-state index is 5.70. The van der Waals surface area contributed by atoms with Crippen molar-refractivity contribution in [1.29, 1.82) is 0 Å². The van der Waals surface area contributed by atoms with E-state index in [0.29, 0.717) is 0 Å². The van der Waals surface area contributed by atoms with Gasteiger partial charge >= 0.3 is 0 Å². The van der Waals surface area contributed by atoms with Gasteiger partial charge in [-0.25, -0.2) is 0 Å². The van der Waals surface area contributed by atoms with E-state index in [1.54, 1.807) is 0 Å². The van der Waals surface area contributed by atoms with Crippen LogP contribution in [0.1, 0.15) is 27.7 Å². The molecule has 0 saturated carbocycles. The lowest BCUT2D eigenvalue weighted by atomic mass is 9.99. The molecule has 1 unspecified atom stereocenters. The van der Waals surface area contributed by atoms with Crippen LogP contribution in [0.25, 0.3) is 0 Å². The molecule has 0 spiro atoms. The third-order valence-electron chi connectivity index (χ3n) is 2.23. The Kier molecular flexibility index (Phi) is 2.87. The molecule has 0 bridgehead atoms. The molecule has 0 aromatic heterocycles. The van der Waals surface area contributed by atoms with Crippen molar-refractivity contribution in [3.05, 3.63) is 0 Å². The van der Waals surface area contributed by atoms with E-state index in [0.717, 1.165) is 18.4 Å². The van der Waals surface area contributed by atoms with Gasteiger partial charge in [-0.3, -0.25) is 0 Å². The molecule has 1 atom stereocenters. The molecule has 1 saturated heterocycles. The van der Waals surface area contributed by atoms with Gasteiger partial charge in [-0.15, -0.1) is 11.8 Å². The highest BCUT2D eigenvalue weighted by Crippen LogP contribution is 2.35. The number of ether oxygens (including phenoxy) is 1. The molecule has 1 rings (SSSR count). The van der Waals surface area contributed by atoms with Crippen molar-refractivity contribution < 1.29 is 4.74 Å². The monoisotopic (exact) mass is 174 g/mol. The third kappa shape index (κ3) is 2.68. The van der Waals surface area contributed by atoms with Gasteiger partial charge < -0.3 is 4.74 Å². The van der Waals surface area contributed by atoms with Gasteiger partial charge in [-0.05, 0) is 25.7 Å². The Morgan fingerprint density at radius 1 is 1.45 bits per heavy atom. The zero-order chi connectivity index (χ0) is 8.48. The first-order valence-electron chi connectivity index (χ1n) is 4.29. The second-order valence-corrected chi connectivity index (χ2v) is 5.63. The van der Waals surface area contributed by atoms with Crippen molar-refractivity contribution in [3.63, 3.8) is 0 Å². The molecule has 0 aromatic rings. The fourth-order valence-corrected chi connectivity index (χ4v) is 2.34. The average molecular weight is 174 g/mol. The molecule has 1 heterocycles. The molecule has 0 aromatic carbocycles. The molecule has 0 amide bonds. The summed E-state index contributed by atoms with van der Waals surface area (Å²) in [4.78, 5) is 0.0609. The SMILES string of the molecule is CC(C)C1COC(C)(C)SC1. The Bertz CT molecular complexity index is 122. The van der Waals surface area contributed by atoms with E-state index in [1.165, 1.54) is 5.75 Å². The van der Waals surface area contributed by atoms with E-state index in [2.05, 4.69) is 27.7 Å². The predicted octanol–water partition coefficient (Wildman–Crippen LogP) is 2.76. The van der Waals surface area contributed by atoms with Crippen molar-refractivity contribution >= 4 is 11.8 Å². The standard InChI is InChI=1S/C9H18OS/c1-7(2)8-5-10-9(3,4)11-6-8/h7-8H,5-6H2,1-4H3. The minimum Gasteiger partial charge on any atom is -0.365 e. The van der Waals surface area contributed by atoms with Gasteiger partial charge in [-0.2, -0.15) is 0 Å². The second-order valence-electron chi connectivity index (χ2n) is 4.03. The normalized spacial score (nSPS) is 30.8.